The molecule has 30 heavy (non-hydrogen) atoms. The predicted molar refractivity (Wildman–Crippen MR) is 125 cm³/mol. The van der Waals surface area contributed by atoms with Gasteiger partial charge in [-0.3, -0.25) is 4.79 Å². The number of aromatic nitrogens is 2. The molecule has 0 atom stereocenters. The number of rotatable bonds is 6. The quantitative estimate of drug-likeness (QED) is 0.436. The van der Waals surface area contributed by atoms with Crippen molar-refractivity contribution in [1.82, 2.24) is 14.9 Å². The second kappa shape index (κ2) is 9.19. The minimum Gasteiger partial charge on any atom is -0.349 e. The summed E-state index contributed by atoms with van der Waals surface area (Å²) in [6.45, 7) is 6.19. The number of halogens is 1. The highest BCUT2D eigenvalue weighted by Crippen LogP contribution is 2.38. The summed E-state index contributed by atoms with van der Waals surface area (Å²) < 4.78 is 2.34. The molecule has 0 saturated heterocycles. The average Bonchev–Trinajstić information content (AvgIpc) is 3.38. The molecule has 0 bridgehead atoms. The summed E-state index contributed by atoms with van der Waals surface area (Å²) in [4.78, 5) is 17.7. The number of benzene rings is 1. The molecule has 4 nitrogen and oxygen atoms in total. The molecular formula is C24H26ClN3OS. The van der Waals surface area contributed by atoms with Crippen LogP contribution in [0.5, 0.6) is 0 Å². The first-order chi connectivity index (χ1) is 14.6. The summed E-state index contributed by atoms with van der Waals surface area (Å²) in [5.41, 5.74) is 4.56. The molecule has 2 aromatic heterocycles. The number of carbonyl (C=O) groups is 1. The van der Waals surface area contributed by atoms with Crippen molar-refractivity contribution in [2.24, 2.45) is 0 Å². The first kappa shape index (κ1) is 20.9. The predicted octanol–water partition coefficient (Wildman–Crippen LogP) is 6.66. The lowest BCUT2D eigenvalue weighted by Gasteiger charge is -2.26. The molecule has 1 aliphatic rings. The van der Waals surface area contributed by atoms with Crippen LogP contribution in [0.4, 0.5) is 0 Å². The Morgan fingerprint density at radius 1 is 1.33 bits per heavy atom. The van der Waals surface area contributed by atoms with Gasteiger partial charge in [0.15, 0.2) is 0 Å². The normalized spacial score (nSPS) is 14.6. The first-order valence-corrected chi connectivity index (χ1v) is 11.7. The summed E-state index contributed by atoms with van der Waals surface area (Å²) in [5.74, 6) is -0.0650. The molecule has 156 valence electrons. The summed E-state index contributed by atoms with van der Waals surface area (Å²) in [6.07, 6.45) is 7.70. The summed E-state index contributed by atoms with van der Waals surface area (Å²) in [5, 5.41) is 6.57. The third-order valence-corrected chi connectivity index (χ3v) is 6.96. The fourth-order valence-electron chi connectivity index (χ4n) is 4.27. The van der Waals surface area contributed by atoms with Crippen LogP contribution in [0.15, 0.2) is 48.4 Å². The fourth-order valence-corrected chi connectivity index (χ4v) is 5.40. The Labute approximate surface area is 186 Å². The molecule has 0 radical (unpaired) electrons. The van der Waals surface area contributed by atoms with Gasteiger partial charge in [0.25, 0.3) is 5.91 Å². The average molecular weight is 440 g/mol. The van der Waals surface area contributed by atoms with E-state index in [0.29, 0.717) is 23.2 Å². The van der Waals surface area contributed by atoms with E-state index in [2.05, 4.69) is 21.8 Å². The number of hydrogen-bond donors (Lipinski definition) is 1. The number of nitrogens with zero attached hydrogens (tertiary/aromatic N) is 2. The van der Waals surface area contributed by atoms with Crippen molar-refractivity contribution in [3.05, 3.63) is 64.6 Å². The van der Waals surface area contributed by atoms with E-state index >= 15 is 0 Å². The Bertz CT molecular complexity index is 1060. The number of nitrogens with one attached hydrogen (secondary N) is 1. The molecule has 1 aliphatic carbocycles. The van der Waals surface area contributed by atoms with Crippen molar-refractivity contribution in [2.75, 3.05) is 6.54 Å². The van der Waals surface area contributed by atoms with Crippen molar-refractivity contribution in [1.29, 1.82) is 0 Å². The zero-order valence-corrected chi connectivity index (χ0v) is 18.7. The van der Waals surface area contributed by atoms with Crippen LogP contribution in [0.25, 0.3) is 22.0 Å². The second-order valence-electron chi connectivity index (χ2n) is 7.71. The van der Waals surface area contributed by atoms with Gasteiger partial charge in [0.1, 0.15) is 5.01 Å². The smallest absolute Gasteiger partial charge is 0.253 e. The molecule has 4 rings (SSSR count). The Balaban J connectivity index is 1.77. The van der Waals surface area contributed by atoms with Crippen LogP contribution in [0, 0.1) is 6.92 Å². The lowest BCUT2D eigenvalue weighted by Crippen LogP contribution is -2.24. The maximum absolute atomic E-state index is 12.8. The molecule has 6 heteroatoms. The van der Waals surface area contributed by atoms with Crippen molar-refractivity contribution >= 4 is 28.8 Å². The van der Waals surface area contributed by atoms with E-state index in [1.165, 1.54) is 19.3 Å². The number of amides is 1. The van der Waals surface area contributed by atoms with Crippen molar-refractivity contribution in [3.8, 4) is 22.0 Å². The number of hydrogen-bond acceptors (Lipinski definition) is 3. The highest BCUT2D eigenvalue weighted by atomic mass is 35.5. The van der Waals surface area contributed by atoms with Gasteiger partial charge in [-0.2, -0.15) is 0 Å². The van der Waals surface area contributed by atoms with Gasteiger partial charge in [0, 0.05) is 29.2 Å². The van der Waals surface area contributed by atoms with Crippen LogP contribution in [-0.4, -0.2) is 22.0 Å². The molecule has 0 spiro atoms. The van der Waals surface area contributed by atoms with Crippen LogP contribution in [0.1, 0.15) is 54.2 Å². The summed E-state index contributed by atoms with van der Waals surface area (Å²) in [7, 11) is 0. The molecule has 1 N–H and O–H groups in total. The minimum atomic E-state index is -0.0650. The largest absolute Gasteiger partial charge is 0.349 e. The van der Waals surface area contributed by atoms with E-state index in [1.54, 1.807) is 17.4 Å². The molecular weight excluding hydrogens is 414 g/mol. The highest BCUT2D eigenvalue weighted by molar-refractivity contribution is 7.13. The van der Waals surface area contributed by atoms with Gasteiger partial charge in [0.2, 0.25) is 0 Å². The van der Waals surface area contributed by atoms with E-state index in [-0.39, 0.29) is 5.91 Å². The Morgan fingerprint density at radius 3 is 2.83 bits per heavy atom. The first-order valence-electron chi connectivity index (χ1n) is 10.4. The zero-order valence-electron chi connectivity index (χ0n) is 17.2. The molecule has 0 unspecified atom stereocenters. The van der Waals surface area contributed by atoms with Crippen molar-refractivity contribution < 1.29 is 4.79 Å². The second-order valence-corrected chi connectivity index (χ2v) is 8.97. The number of thiazole rings is 1. The maximum Gasteiger partial charge on any atom is 0.253 e. The minimum absolute atomic E-state index is 0.0650. The zero-order chi connectivity index (χ0) is 21.1. The lowest BCUT2D eigenvalue weighted by atomic mass is 9.95. The van der Waals surface area contributed by atoms with Gasteiger partial charge in [-0.25, -0.2) is 4.98 Å². The molecule has 1 aromatic carbocycles. The van der Waals surface area contributed by atoms with Crippen LogP contribution in [0.2, 0.25) is 5.02 Å². The molecule has 1 saturated carbocycles. The van der Waals surface area contributed by atoms with E-state index in [0.717, 1.165) is 40.5 Å². The maximum atomic E-state index is 12.8. The summed E-state index contributed by atoms with van der Waals surface area (Å²) in [6, 6.07) is 10.2. The molecule has 1 fully saturated rings. The number of carbonyl (C=O) groups excluding carboxylic acids is 1. The van der Waals surface area contributed by atoms with Gasteiger partial charge in [-0.15, -0.1) is 17.9 Å². The van der Waals surface area contributed by atoms with E-state index in [4.69, 9.17) is 16.6 Å². The topological polar surface area (TPSA) is 46.9 Å². The van der Waals surface area contributed by atoms with Crippen LogP contribution < -0.4 is 5.32 Å². The van der Waals surface area contributed by atoms with Crippen LogP contribution in [0.3, 0.4) is 0 Å². The van der Waals surface area contributed by atoms with Crippen LogP contribution in [-0.2, 0) is 0 Å². The third kappa shape index (κ3) is 4.09. The standard InChI is InChI=1S/C24H26ClN3OS/c1-3-13-26-23(29)19-14-22(28(16(19)2)17-9-5-4-6-10-17)21-15-30-24(27-21)18-11-7-8-12-20(18)25/h3,7-8,11-12,14-15,17H,1,4-6,9-10,13H2,2H3,(H,26,29). The van der Waals surface area contributed by atoms with E-state index in [9.17, 15) is 4.79 Å². The summed E-state index contributed by atoms with van der Waals surface area (Å²) >= 11 is 7.97. The van der Waals surface area contributed by atoms with E-state index < -0.39 is 0 Å². The van der Waals surface area contributed by atoms with Crippen molar-refractivity contribution in [2.45, 2.75) is 45.1 Å². The fraction of sp³-hybridized carbons (Fsp3) is 0.333. The van der Waals surface area contributed by atoms with Crippen LogP contribution >= 0.6 is 22.9 Å². The monoisotopic (exact) mass is 439 g/mol. The Hall–Kier alpha value is -2.37. The Kier molecular flexibility index (Phi) is 6.40. The van der Waals surface area contributed by atoms with Gasteiger partial charge in [-0.1, -0.05) is 55.1 Å². The molecule has 2 heterocycles. The third-order valence-electron chi connectivity index (χ3n) is 5.75. The SMILES string of the molecule is C=CCNC(=O)c1cc(-c2csc(-c3ccccc3Cl)n2)n(C2CCCCC2)c1C. The molecule has 3 aromatic rings. The van der Waals surface area contributed by atoms with Gasteiger partial charge in [-0.05, 0) is 31.9 Å². The van der Waals surface area contributed by atoms with E-state index in [1.807, 2.05) is 37.3 Å². The highest BCUT2D eigenvalue weighted by Gasteiger charge is 2.26. The lowest BCUT2D eigenvalue weighted by molar-refractivity contribution is 0.0957. The van der Waals surface area contributed by atoms with Gasteiger partial charge >= 0.3 is 0 Å². The molecule has 1 amide bonds. The molecule has 0 aliphatic heterocycles. The Morgan fingerprint density at radius 2 is 2.10 bits per heavy atom. The van der Waals surface area contributed by atoms with Crippen molar-refractivity contribution in [3.63, 3.8) is 0 Å². The van der Waals surface area contributed by atoms with Gasteiger partial charge in [0.05, 0.1) is 22.0 Å². The van der Waals surface area contributed by atoms with Gasteiger partial charge < -0.3 is 9.88 Å².